The van der Waals surface area contributed by atoms with E-state index >= 15 is 0 Å². The summed E-state index contributed by atoms with van der Waals surface area (Å²) in [5.74, 6) is 1.75. The Hall–Kier alpha value is -2.81. The van der Waals surface area contributed by atoms with Crippen LogP contribution in [0.25, 0.3) is 0 Å². The summed E-state index contributed by atoms with van der Waals surface area (Å²) >= 11 is 1.53. The van der Waals surface area contributed by atoms with Gasteiger partial charge < -0.3 is 16.4 Å². The molecule has 0 amide bonds. The Morgan fingerprint density at radius 1 is 1.20 bits per heavy atom. The van der Waals surface area contributed by atoms with Crippen LogP contribution in [0.3, 0.4) is 0 Å². The molecule has 1 aliphatic carbocycles. The van der Waals surface area contributed by atoms with E-state index in [4.69, 9.17) is 10.7 Å². The van der Waals surface area contributed by atoms with Crippen LogP contribution >= 0.6 is 11.8 Å². The molecular formula is C31H50FN7S. The van der Waals surface area contributed by atoms with Crippen molar-refractivity contribution in [1.29, 1.82) is 0 Å². The first-order chi connectivity index (χ1) is 19.5. The van der Waals surface area contributed by atoms with E-state index in [1.54, 1.807) is 0 Å². The fourth-order valence-electron chi connectivity index (χ4n) is 4.96. The van der Waals surface area contributed by atoms with Gasteiger partial charge in [0.1, 0.15) is 12.5 Å². The fraction of sp³-hybridized carbons (Fsp3) is 0.581. The highest BCUT2D eigenvalue weighted by molar-refractivity contribution is 8.06. The average Bonchev–Trinajstić information content (AvgIpc) is 3.25. The molecule has 1 fully saturated rings. The number of thioether (sulfide) groups is 1. The van der Waals surface area contributed by atoms with E-state index in [9.17, 15) is 4.39 Å². The van der Waals surface area contributed by atoms with Crippen LogP contribution in [0.2, 0.25) is 0 Å². The van der Waals surface area contributed by atoms with Gasteiger partial charge in [0.15, 0.2) is 5.84 Å². The number of nitrogens with two attached hydrogens (primary N) is 1. The van der Waals surface area contributed by atoms with Crippen molar-refractivity contribution in [2.45, 2.75) is 90.0 Å². The predicted molar refractivity (Wildman–Crippen MR) is 173 cm³/mol. The quantitative estimate of drug-likeness (QED) is 0.0578. The zero-order chi connectivity index (χ0) is 29.2. The first kappa shape index (κ1) is 33.4. The van der Waals surface area contributed by atoms with Crippen molar-refractivity contribution < 1.29 is 4.39 Å². The van der Waals surface area contributed by atoms with Crippen molar-refractivity contribution in [3.8, 4) is 0 Å². The van der Waals surface area contributed by atoms with E-state index < -0.39 is 6.67 Å². The molecule has 40 heavy (non-hydrogen) atoms. The van der Waals surface area contributed by atoms with E-state index in [-0.39, 0.29) is 0 Å². The Balaban J connectivity index is 2.27. The molecule has 0 saturated heterocycles. The summed E-state index contributed by atoms with van der Waals surface area (Å²) < 4.78 is 12.8. The highest BCUT2D eigenvalue weighted by Gasteiger charge is 2.26. The zero-order valence-electron chi connectivity index (χ0n) is 24.7. The van der Waals surface area contributed by atoms with Crippen molar-refractivity contribution in [2.24, 2.45) is 20.8 Å². The minimum Gasteiger partial charge on any atom is -0.394 e. The second-order valence-electron chi connectivity index (χ2n) is 10.1. The summed E-state index contributed by atoms with van der Waals surface area (Å²) in [5.41, 5.74) is 8.41. The molecule has 0 bridgehead atoms. The van der Waals surface area contributed by atoms with Crippen LogP contribution in [0, 0.1) is 0 Å². The zero-order valence-corrected chi connectivity index (χ0v) is 25.5. The minimum absolute atomic E-state index is 0.293. The number of unbranched alkanes of at least 4 members (excludes halogenated alkanes) is 2. The molecule has 222 valence electrons. The highest BCUT2D eigenvalue weighted by atomic mass is 32.2. The van der Waals surface area contributed by atoms with Gasteiger partial charge in [-0.3, -0.25) is 9.98 Å². The molecule has 0 atom stereocenters. The van der Waals surface area contributed by atoms with Gasteiger partial charge in [-0.2, -0.15) is 5.10 Å². The van der Waals surface area contributed by atoms with Gasteiger partial charge in [-0.1, -0.05) is 76.1 Å². The van der Waals surface area contributed by atoms with Gasteiger partial charge in [0.2, 0.25) is 0 Å². The number of hydrazone groups is 1. The Morgan fingerprint density at radius 2 is 1.95 bits per heavy atom. The van der Waals surface area contributed by atoms with Gasteiger partial charge in [-0.15, -0.1) is 0 Å². The third-order valence-corrected chi connectivity index (χ3v) is 8.11. The van der Waals surface area contributed by atoms with Crippen LogP contribution in [-0.4, -0.2) is 56.1 Å². The fourth-order valence-corrected chi connectivity index (χ4v) is 5.75. The number of hydrogen-bond donors (Lipinski definition) is 3. The number of nitrogens with zero attached hydrogens (tertiary/aromatic N) is 4. The molecular weight excluding hydrogens is 521 g/mol. The lowest BCUT2D eigenvalue weighted by atomic mass is 10.0. The summed E-state index contributed by atoms with van der Waals surface area (Å²) in [4.78, 5) is 10.1. The number of aliphatic imine (C=N–C) groups is 2. The third-order valence-electron chi connectivity index (χ3n) is 7.07. The van der Waals surface area contributed by atoms with Crippen LogP contribution in [0.4, 0.5) is 4.39 Å². The normalized spacial score (nSPS) is 17.7. The van der Waals surface area contributed by atoms with Crippen molar-refractivity contribution in [3.05, 3.63) is 58.4 Å². The number of alkyl halides is 1. The molecule has 1 aliphatic heterocycles. The monoisotopic (exact) mass is 571 g/mol. The van der Waals surface area contributed by atoms with Gasteiger partial charge in [0.05, 0.1) is 16.8 Å². The van der Waals surface area contributed by atoms with Gasteiger partial charge in [-0.05, 0) is 51.0 Å². The molecule has 0 aromatic carbocycles. The number of rotatable bonds is 17. The van der Waals surface area contributed by atoms with Crippen LogP contribution in [0.1, 0.15) is 84.0 Å². The number of halogens is 1. The maximum absolute atomic E-state index is 12.8. The summed E-state index contributed by atoms with van der Waals surface area (Å²) in [6, 6.07) is 0.293. The van der Waals surface area contributed by atoms with E-state index in [0.29, 0.717) is 18.3 Å². The van der Waals surface area contributed by atoms with Crippen molar-refractivity contribution in [1.82, 2.24) is 15.6 Å². The van der Waals surface area contributed by atoms with Crippen molar-refractivity contribution in [3.63, 3.8) is 0 Å². The van der Waals surface area contributed by atoms with E-state index in [1.807, 2.05) is 13.1 Å². The van der Waals surface area contributed by atoms with Gasteiger partial charge in [-0.25, -0.2) is 9.40 Å². The second-order valence-corrected chi connectivity index (χ2v) is 11.2. The number of amidine groups is 1. The Kier molecular flexibility index (Phi) is 16.1. The summed E-state index contributed by atoms with van der Waals surface area (Å²) in [7, 11) is 1.84. The van der Waals surface area contributed by atoms with Crippen LogP contribution in [0.15, 0.2) is 73.5 Å². The number of hydrogen-bond acceptors (Lipinski definition) is 7. The molecule has 0 spiro atoms. The predicted octanol–water partition coefficient (Wildman–Crippen LogP) is 6.95. The van der Waals surface area contributed by atoms with Crippen LogP contribution < -0.4 is 16.4 Å². The summed E-state index contributed by atoms with van der Waals surface area (Å²) in [6.45, 7) is 14.9. The molecule has 4 N–H and O–H groups in total. The maximum atomic E-state index is 12.8. The third kappa shape index (κ3) is 11.0. The topological polar surface area (TPSA) is 90.4 Å². The van der Waals surface area contributed by atoms with Crippen molar-refractivity contribution in [2.75, 3.05) is 26.8 Å². The number of nitrogens with one attached hydrogen (secondary N) is 2. The molecule has 7 nitrogen and oxygen atoms in total. The maximum Gasteiger partial charge on any atom is 0.150 e. The molecule has 1 saturated carbocycles. The van der Waals surface area contributed by atoms with Crippen LogP contribution in [-0.2, 0) is 0 Å². The minimum atomic E-state index is -0.566. The molecule has 9 heteroatoms. The molecule has 2 aliphatic rings. The number of allylic oxidation sites excluding steroid dienone is 3. The average molecular weight is 572 g/mol. The lowest BCUT2D eigenvalue weighted by Crippen LogP contribution is -2.40. The molecule has 2 rings (SSSR count). The molecule has 0 aromatic rings. The Morgan fingerprint density at radius 3 is 2.55 bits per heavy atom. The van der Waals surface area contributed by atoms with Crippen molar-refractivity contribution >= 4 is 30.0 Å². The Labute approximate surface area is 245 Å². The van der Waals surface area contributed by atoms with Gasteiger partial charge in [0.25, 0.3) is 0 Å². The lowest BCUT2D eigenvalue weighted by molar-refractivity contribution is 0.295. The highest BCUT2D eigenvalue weighted by Crippen LogP contribution is 2.31. The SMILES string of the molecule is C=CC(CF)=NCCCCCNC(NC(=C)C1=CCC=C(N)S1)=C(CCC)C(=NC)N(N=C)C1CCCCCC1. The van der Waals surface area contributed by atoms with E-state index in [1.165, 1.54) is 43.5 Å². The van der Waals surface area contributed by atoms with E-state index in [0.717, 1.165) is 90.8 Å². The smallest absolute Gasteiger partial charge is 0.150 e. The molecule has 1 heterocycles. The van der Waals surface area contributed by atoms with Gasteiger partial charge >= 0.3 is 0 Å². The summed E-state index contributed by atoms with van der Waals surface area (Å²) in [5, 5.41) is 14.6. The van der Waals surface area contributed by atoms with E-state index in [2.05, 4.69) is 58.6 Å². The Bertz CT molecular complexity index is 988. The second kappa shape index (κ2) is 19.3. The first-order valence-corrected chi connectivity index (χ1v) is 15.5. The first-order valence-electron chi connectivity index (χ1n) is 14.7. The molecule has 0 unspecified atom stereocenters. The summed E-state index contributed by atoms with van der Waals surface area (Å²) in [6.07, 6.45) is 18.1. The lowest BCUT2D eigenvalue weighted by Gasteiger charge is -2.31. The largest absolute Gasteiger partial charge is 0.394 e. The van der Waals surface area contributed by atoms with Gasteiger partial charge in [0, 0.05) is 43.0 Å². The molecule has 0 radical (unpaired) electrons. The molecule has 0 aromatic heterocycles. The van der Waals surface area contributed by atoms with Crippen LogP contribution in [0.5, 0.6) is 0 Å². The standard InChI is InChI=1S/C31H50FN7S/c1-6-16-27(31(34-4)39(35-5)26-17-11-8-9-12-18-26)30(38-24(3)28-19-15-20-29(33)40-28)37-22-14-10-13-21-36-25(7-2)23-32/h7,19-20,26,37-38H,2-3,5-6,8-18,21-23,33H2,1,4H3.